The average Bonchev–Trinajstić information content (AvgIpc) is 3.09. The van der Waals surface area contributed by atoms with Crippen molar-refractivity contribution in [3.05, 3.63) is 66.6 Å². The SMILES string of the molecule is O=S(=O)(c1ccccc1NCc1ncc(-c2ccccc2)[nH]1)C(F)(F)F. The second-order valence-corrected chi connectivity index (χ2v) is 7.32. The highest BCUT2D eigenvalue weighted by Crippen LogP contribution is 2.34. The summed E-state index contributed by atoms with van der Waals surface area (Å²) in [6.45, 7) is 0.0389. The summed E-state index contributed by atoms with van der Waals surface area (Å²) in [6.07, 6.45) is 1.60. The summed E-state index contributed by atoms with van der Waals surface area (Å²) >= 11 is 0. The third-order valence-electron chi connectivity index (χ3n) is 3.64. The van der Waals surface area contributed by atoms with Gasteiger partial charge >= 0.3 is 5.51 Å². The Morgan fingerprint density at radius 2 is 1.65 bits per heavy atom. The number of aromatic amines is 1. The van der Waals surface area contributed by atoms with Crippen molar-refractivity contribution in [2.45, 2.75) is 16.9 Å². The number of H-pyrrole nitrogens is 1. The molecule has 0 aliphatic rings. The van der Waals surface area contributed by atoms with Crippen LogP contribution in [0.3, 0.4) is 0 Å². The van der Waals surface area contributed by atoms with Gasteiger partial charge < -0.3 is 10.3 Å². The molecule has 0 unspecified atom stereocenters. The lowest BCUT2D eigenvalue weighted by atomic mass is 10.2. The van der Waals surface area contributed by atoms with Crippen molar-refractivity contribution in [2.24, 2.45) is 0 Å². The Labute approximate surface area is 147 Å². The first-order valence-corrected chi connectivity index (χ1v) is 9.01. The summed E-state index contributed by atoms with van der Waals surface area (Å²) in [7, 11) is -5.44. The van der Waals surface area contributed by atoms with E-state index >= 15 is 0 Å². The third kappa shape index (κ3) is 3.57. The number of hydrogen-bond donors (Lipinski definition) is 2. The van der Waals surface area contributed by atoms with Gasteiger partial charge in [-0.05, 0) is 17.7 Å². The molecule has 0 spiro atoms. The summed E-state index contributed by atoms with van der Waals surface area (Å²) in [6, 6.07) is 14.3. The van der Waals surface area contributed by atoms with Gasteiger partial charge in [-0.3, -0.25) is 0 Å². The number of aromatic nitrogens is 2. The van der Waals surface area contributed by atoms with Crippen molar-refractivity contribution in [1.29, 1.82) is 0 Å². The van der Waals surface area contributed by atoms with Crippen LogP contribution in [0.2, 0.25) is 0 Å². The fraction of sp³-hybridized carbons (Fsp3) is 0.118. The lowest BCUT2D eigenvalue weighted by Gasteiger charge is -2.13. The van der Waals surface area contributed by atoms with E-state index in [2.05, 4.69) is 15.3 Å². The molecule has 0 amide bonds. The number of alkyl halides is 3. The number of rotatable bonds is 5. The molecule has 0 saturated carbocycles. The Morgan fingerprint density at radius 3 is 2.35 bits per heavy atom. The summed E-state index contributed by atoms with van der Waals surface area (Å²) in [5.74, 6) is 0.461. The molecule has 0 atom stereocenters. The molecule has 0 fully saturated rings. The maximum absolute atomic E-state index is 12.8. The Morgan fingerprint density at radius 1 is 1.00 bits per heavy atom. The molecule has 0 bridgehead atoms. The zero-order chi connectivity index (χ0) is 18.8. The molecular weight excluding hydrogens is 367 g/mol. The van der Waals surface area contributed by atoms with Crippen LogP contribution in [0.15, 0.2) is 65.7 Å². The van der Waals surface area contributed by atoms with E-state index in [1.54, 1.807) is 6.20 Å². The quantitative estimate of drug-likeness (QED) is 0.701. The zero-order valence-corrected chi connectivity index (χ0v) is 14.1. The number of benzene rings is 2. The van der Waals surface area contributed by atoms with Crippen LogP contribution in [-0.4, -0.2) is 23.9 Å². The summed E-state index contributed by atoms with van der Waals surface area (Å²) in [5.41, 5.74) is -3.84. The lowest BCUT2D eigenvalue weighted by molar-refractivity contribution is -0.0435. The monoisotopic (exact) mass is 381 g/mol. The lowest BCUT2D eigenvalue weighted by Crippen LogP contribution is -2.24. The van der Waals surface area contributed by atoms with Gasteiger partial charge in [-0.15, -0.1) is 0 Å². The van der Waals surface area contributed by atoms with Gasteiger partial charge in [0.2, 0.25) is 0 Å². The van der Waals surface area contributed by atoms with Crippen molar-refractivity contribution in [3.8, 4) is 11.3 Å². The van der Waals surface area contributed by atoms with Gasteiger partial charge in [-0.2, -0.15) is 13.2 Å². The first kappa shape index (κ1) is 18.0. The van der Waals surface area contributed by atoms with Gasteiger partial charge in [-0.1, -0.05) is 42.5 Å². The summed E-state index contributed by atoms with van der Waals surface area (Å²) in [5, 5.41) is 2.70. The minimum atomic E-state index is -5.44. The van der Waals surface area contributed by atoms with Crippen LogP contribution in [0.5, 0.6) is 0 Å². The van der Waals surface area contributed by atoms with Crippen molar-refractivity contribution in [1.82, 2.24) is 9.97 Å². The summed E-state index contributed by atoms with van der Waals surface area (Å²) < 4.78 is 61.8. The highest BCUT2D eigenvalue weighted by molar-refractivity contribution is 7.92. The van der Waals surface area contributed by atoms with E-state index in [9.17, 15) is 21.6 Å². The molecule has 26 heavy (non-hydrogen) atoms. The number of nitrogens with one attached hydrogen (secondary N) is 2. The van der Waals surface area contributed by atoms with E-state index in [1.807, 2.05) is 30.3 Å². The van der Waals surface area contributed by atoms with E-state index in [1.165, 1.54) is 18.2 Å². The van der Waals surface area contributed by atoms with Crippen LogP contribution < -0.4 is 5.32 Å². The number of imidazole rings is 1. The van der Waals surface area contributed by atoms with Gasteiger partial charge in [0.25, 0.3) is 9.84 Å². The normalized spacial score (nSPS) is 12.1. The predicted molar refractivity (Wildman–Crippen MR) is 91.0 cm³/mol. The highest BCUT2D eigenvalue weighted by Gasteiger charge is 2.47. The molecule has 1 aromatic heterocycles. The topological polar surface area (TPSA) is 74.8 Å². The second kappa shape index (κ2) is 6.83. The van der Waals surface area contributed by atoms with Gasteiger partial charge in [0, 0.05) is 0 Å². The van der Waals surface area contributed by atoms with Crippen LogP contribution >= 0.6 is 0 Å². The molecule has 0 aliphatic heterocycles. The number of hydrogen-bond acceptors (Lipinski definition) is 4. The standard InChI is InChI=1S/C17H14F3N3O2S/c18-17(19,20)26(24,25)15-9-5-4-8-13(15)21-11-16-22-10-14(23-16)12-6-2-1-3-7-12/h1-10,21H,11H2,(H,22,23). The summed E-state index contributed by atoms with van der Waals surface area (Å²) in [4.78, 5) is 6.38. The van der Waals surface area contributed by atoms with Crippen LogP contribution in [0.1, 0.15) is 5.82 Å². The Bertz CT molecular complexity index is 999. The van der Waals surface area contributed by atoms with Crippen LogP contribution in [0.25, 0.3) is 11.3 Å². The first-order valence-electron chi connectivity index (χ1n) is 7.52. The van der Waals surface area contributed by atoms with Crippen molar-refractivity contribution < 1.29 is 21.6 Å². The van der Waals surface area contributed by atoms with Gasteiger partial charge in [0.05, 0.1) is 29.0 Å². The van der Waals surface area contributed by atoms with Crippen molar-refractivity contribution in [2.75, 3.05) is 5.32 Å². The largest absolute Gasteiger partial charge is 0.501 e. The van der Waals surface area contributed by atoms with Gasteiger partial charge in [-0.25, -0.2) is 13.4 Å². The minimum Gasteiger partial charge on any atom is -0.377 e. The number of anilines is 1. The van der Waals surface area contributed by atoms with Crippen LogP contribution in [0, 0.1) is 0 Å². The molecule has 0 saturated heterocycles. The van der Waals surface area contributed by atoms with Crippen LogP contribution in [0.4, 0.5) is 18.9 Å². The predicted octanol–water partition coefficient (Wildman–Crippen LogP) is 3.98. The Kier molecular flexibility index (Phi) is 4.73. The number of sulfone groups is 1. The first-order chi connectivity index (χ1) is 12.3. The van der Waals surface area contributed by atoms with Crippen molar-refractivity contribution in [3.63, 3.8) is 0 Å². The number of para-hydroxylation sites is 1. The van der Waals surface area contributed by atoms with Gasteiger partial charge in [0.15, 0.2) is 0 Å². The maximum Gasteiger partial charge on any atom is 0.501 e. The molecule has 136 valence electrons. The second-order valence-electron chi connectivity index (χ2n) is 5.41. The fourth-order valence-corrected chi connectivity index (χ4v) is 3.30. The Balaban J connectivity index is 1.81. The van der Waals surface area contributed by atoms with E-state index in [0.29, 0.717) is 5.82 Å². The van der Waals surface area contributed by atoms with E-state index in [4.69, 9.17) is 0 Å². The average molecular weight is 381 g/mol. The van der Waals surface area contributed by atoms with Gasteiger partial charge in [0.1, 0.15) is 5.82 Å². The molecule has 2 aromatic carbocycles. The van der Waals surface area contributed by atoms with E-state index in [0.717, 1.165) is 17.3 Å². The molecule has 2 N–H and O–H groups in total. The zero-order valence-electron chi connectivity index (χ0n) is 13.3. The molecule has 3 rings (SSSR count). The van der Waals surface area contributed by atoms with Crippen LogP contribution in [-0.2, 0) is 16.4 Å². The Hall–Kier alpha value is -2.81. The number of nitrogens with zero attached hydrogens (tertiary/aromatic N) is 1. The maximum atomic E-state index is 12.8. The minimum absolute atomic E-state index is 0.0389. The highest BCUT2D eigenvalue weighted by atomic mass is 32.2. The molecule has 5 nitrogen and oxygen atoms in total. The molecule has 1 heterocycles. The van der Waals surface area contributed by atoms with E-state index in [-0.39, 0.29) is 12.2 Å². The molecule has 0 aliphatic carbocycles. The molecular formula is C17H14F3N3O2S. The van der Waals surface area contributed by atoms with E-state index < -0.39 is 20.2 Å². The fourth-order valence-electron chi connectivity index (χ4n) is 2.37. The molecule has 0 radical (unpaired) electrons. The van der Waals surface area contributed by atoms with Crippen molar-refractivity contribution >= 4 is 15.5 Å². The smallest absolute Gasteiger partial charge is 0.377 e. The third-order valence-corrected chi connectivity index (χ3v) is 5.19. The molecule has 3 aromatic rings. The number of halogens is 3. The molecule has 9 heteroatoms.